The number of hydrogen-bond donors (Lipinski definition) is 2. The van der Waals surface area contributed by atoms with E-state index in [2.05, 4.69) is 15.0 Å². The fourth-order valence-corrected chi connectivity index (χ4v) is 3.25. The molecule has 2 aliphatic rings. The van der Waals surface area contributed by atoms with Crippen molar-refractivity contribution >= 4 is 11.6 Å². The van der Waals surface area contributed by atoms with Crippen LogP contribution in [-0.4, -0.2) is 18.4 Å². The normalized spacial score (nSPS) is 23.6. The number of benzene rings is 1. The molecule has 7 heteroatoms. The average Bonchev–Trinajstić information content (AvgIpc) is 2.85. The topological polar surface area (TPSA) is 59.6 Å². The van der Waals surface area contributed by atoms with E-state index in [0.717, 1.165) is 6.42 Å². The first kappa shape index (κ1) is 15.0. The van der Waals surface area contributed by atoms with Gasteiger partial charge in [-0.2, -0.15) is 0 Å². The van der Waals surface area contributed by atoms with Gasteiger partial charge in [0.15, 0.2) is 11.7 Å². The van der Waals surface area contributed by atoms with Crippen molar-refractivity contribution in [1.82, 2.24) is 0 Å². The van der Waals surface area contributed by atoms with E-state index in [0.29, 0.717) is 5.41 Å². The van der Waals surface area contributed by atoms with E-state index in [-0.39, 0.29) is 23.4 Å². The smallest absolute Gasteiger partial charge is 0.404 e. The van der Waals surface area contributed by atoms with Crippen molar-refractivity contribution in [3.05, 3.63) is 24.3 Å². The molecular weight excluding hydrogens is 295 g/mol. The maximum Gasteiger partial charge on any atom is 0.573 e. The Morgan fingerprint density at radius 1 is 1.27 bits per heavy atom. The van der Waals surface area contributed by atoms with Crippen molar-refractivity contribution in [2.24, 2.45) is 16.1 Å². The highest BCUT2D eigenvalue weighted by molar-refractivity contribution is 5.94. The molecule has 120 valence electrons. The van der Waals surface area contributed by atoms with Gasteiger partial charge < -0.3 is 15.8 Å². The van der Waals surface area contributed by atoms with Crippen molar-refractivity contribution in [3.63, 3.8) is 0 Å². The number of hydrogen-bond acceptors (Lipinski definition) is 2. The van der Waals surface area contributed by atoms with E-state index in [9.17, 15) is 13.2 Å². The fraction of sp³-hybridized carbons (Fsp3) is 0.533. The third-order valence-corrected chi connectivity index (χ3v) is 4.42. The minimum Gasteiger partial charge on any atom is -0.404 e. The number of para-hydroxylation sites is 2. The zero-order chi connectivity index (χ0) is 15.8. The van der Waals surface area contributed by atoms with Crippen LogP contribution in [0.5, 0.6) is 5.75 Å². The molecule has 2 aliphatic carbocycles. The van der Waals surface area contributed by atoms with Crippen LogP contribution in [0.3, 0.4) is 0 Å². The third kappa shape index (κ3) is 3.28. The van der Waals surface area contributed by atoms with Gasteiger partial charge in [0.25, 0.3) is 0 Å². The SMILES string of the molecule is NC(=NC1CC12CCCC2)Nc1ccccc1OC(F)(F)F. The standard InChI is InChI=1S/C15H18F3N3O/c16-15(17,18)22-11-6-2-1-5-10(11)20-13(19)21-12-9-14(12)7-3-4-8-14/h1-2,5-6,12H,3-4,7-9H2,(H3,19,20,21). The maximum atomic E-state index is 12.4. The number of rotatable bonds is 3. The molecule has 3 rings (SSSR count). The Bertz CT molecular complexity index is 580. The minimum atomic E-state index is -4.74. The molecule has 0 bridgehead atoms. The summed E-state index contributed by atoms with van der Waals surface area (Å²) in [4.78, 5) is 4.40. The first-order chi connectivity index (χ1) is 10.4. The molecule has 0 aromatic heterocycles. The molecule has 0 radical (unpaired) electrons. The van der Waals surface area contributed by atoms with E-state index in [1.165, 1.54) is 43.9 Å². The van der Waals surface area contributed by atoms with Gasteiger partial charge in [0.2, 0.25) is 0 Å². The monoisotopic (exact) mass is 313 g/mol. The van der Waals surface area contributed by atoms with Crippen LogP contribution in [0.1, 0.15) is 32.1 Å². The summed E-state index contributed by atoms with van der Waals surface area (Å²) in [6, 6.07) is 5.97. The molecule has 2 saturated carbocycles. The number of nitrogens with two attached hydrogens (primary N) is 1. The Morgan fingerprint density at radius 2 is 1.95 bits per heavy atom. The van der Waals surface area contributed by atoms with Crippen molar-refractivity contribution < 1.29 is 17.9 Å². The predicted octanol–water partition coefficient (Wildman–Crippen LogP) is 3.64. The Labute approximate surface area is 126 Å². The van der Waals surface area contributed by atoms with Gasteiger partial charge in [0, 0.05) is 0 Å². The zero-order valence-corrected chi connectivity index (χ0v) is 12.0. The van der Waals surface area contributed by atoms with Crippen molar-refractivity contribution in [2.75, 3.05) is 5.32 Å². The van der Waals surface area contributed by atoms with Gasteiger partial charge in [-0.3, -0.25) is 0 Å². The molecule has 0 heterocycles. The molecular formula is C15H18F3N3O. The lowest BCUT2D eigenvalue weighted by molar-refractivity contribution is -0.274. The first-order valence-corrected chi connectivity index (χ1v) is 7.33. The molecule has 1 atom stereocenters. The lowest BCUT2D eigenvalue weighted by atomic mass is 10.1. The van der Waals surface area contributed by atoms with E-state index in [1.807, 2.05) is 0 Å². The molecule has 1 unspecified atom stereocenters. The minimum absolute atomic E-state index is 0.131. The van der Waals surface area contributed by atoms with Gasteiger partial charge in [-0.15, -0.1) is 13.2 Å². The third-order valence-electron chi connectivity index (χ3n) is 4.42. The highest BCUT2D eigenvalue weighted by Crippen LogP contribution is 2.59. The number of alkyl halides is 3. The lowest BCUT2D eigenvalue weighted by Crippen LogP contribution is -2.25. The van der Waals surface area contributed by atoms with Crippen LogP contribution in [-0.2, 0) is 0 Å². The predicted molar refractivity (Wildman–Crippen MR) is 77.7 cm³/mol. The number of guanidine groups is 1. The Morgan fingerprint density at radius 3 is 2.64 bits per heavy atom. The zero-order valence-electron chi connectivity index (χ0n) is 12.0. The highest BCUT2D eigenvalue weighted by Gasteiger charge is 2.55. The molecule has 1 spiro atoms. The molecule has 0 aliphatic heterocycles. The van der Waals surface area contributed by atoms with Gasteiger partial charge >= 0.3 is 6.36 Å². The van der Waals surface area contributed by atoms with Crippen LogP contribution in [0.2, 0.25) is 0 Å². The summed E-state index contributed by atoms with van der Waals surface area (Å²) in [5.41, 5.74) is 6.29. The van der Waals surface area contributed by atoms with Gasteiger partial charge in [0.05, 0.1) is 11.7 Å². The second-order valence-electron chi connectivity index (χ2n) is 5.97. The number of ether oxygens (including phenoxy) is 1. The molecule has 4 nitrogen and oxygen atoms in total. The van der Waals surface area contributed by atoms with E-state index >= 15 is 0 Å². The van der Waals surface area contributed by atoms with Crippen LogP contribution in [0.15, 0.2) is 29.3 Å². The van der Waals surface area contributed by atoms with Crippen molar-refractivity contribution in [1.29, 1.82) is 0 Å². The van der Waals surface area contributed by atoms with E-state index in [1.54, 1.807) is 6.07 Å². The first-order valence-electron chi connectivity index (χ1n) is 7.33. The largest absolute Gasteiger partial charge is 0.573 e. The molecule has 0 saturated heterocycles. The fourth-order valence-electron chi connectivity index (χ4n) is 3.25. The van der Waals surface area contributed by atoms with Gasteiger partial charge in [0.1, 0.15) is 0 Å². The summed E-state index contributed by atoms with van der Waals surface area (Å²) in [6.07, 6.45) is 1.07. The average molecular weight is 313 g/mol. The summed E-state index contributed by atoms with van der Waals surface area (Å²) in [7, 11) is 0. The number of aliphatic imine (C=N–C) groups is 1. The summed E-state index contributed by atoms with van der Waals surface area (Å²) in [6.45, 7) is 0. The number of nitrogens with one attached hydrogen (secondary N) is 1. The van der Waals surface area contributed by atoms with Crippen molar-refractivity contribution in [2.45, 2.75) is 44.5 Å². The summed E-state index contributed by atoms with van der Waals surface area (Å²) in [5, 5.41) is 2.71. The Balaban J connectivity index is 1.68. The van der Waals surface area contributed by atoms with E-state index < -0.39 is 6.36 Å². The number of nitrogens with zero attached hydrogens (tertiary/aromatic N) is 1. The Hall–Kier alpha value is -1.92. The van der Waals surface area contributed by atoms with E-state index in [4.69, 9.17) is 5.73 Å². The second kappa shape index (κ2) is 5.37. The number of anilines is 1. The van der Waals surface area contributed by atoms with Crippen molar-refractivity contribution in [3.8, 4) is 5.75 Å². The van der Waals surface area contributed by atoms with Crippen LogP contribution in [0, 0.1) is 5.41 Å². The Kier molecular flexibility index (Phi) is 3.66. The van der Waals surface area contributed by atoms with Gasteiger partial charge in [-0.1, -0.05) is 25.0 Å². The summed E-state index contributed by atoms with van der Waals surface area (Å²) < 4.78 is 41.1. The molecule has 1 aromatic carbocycles. The van der Waals surface area contributed by atoms with Gasteiger partial charge in [-0.25, -0.2) is 4.99 Å². The molecule has 2 fully saturated rings. The molecule has 22 heavy (non-hydrogen) atoms. The lowest BCUT2D eigenvalue weighted by Gasteiger charge is -2.14. The summed E-state index contributed by atoms with van der Waals surface area (Å²) >= 11 is 0. The van der Waals surface area contributed by atoms with Crippen LogP contribution >= 0.6 is 0 Å². The molecule has 1 aromatic rings. The quantitative estimate of drug-likeness (QED) is 0.661. The second-order valence-corrected chi connectivity index (χ2v) is 5.97. The number of halogens is 3. The van der Waals surface area contributed by atoms with Gasteiger partial charge in [-0.05, 0) is 36.8 Å². The van der Waals surface area contributed by atoms with Crippen LogP contribution in [0.4, 0.5) is 18.9 Å². The molecule has 0 amide bonds. The van der Waals surface area contributed by atoms with Crippen LogP contribution < -0.4 is 15.8 Å². The van der Waals surface area contributed by atoms with Crippen LogP contribution in [0.25, 0.3) is 0 Å². The maximum absolute atomic E-state index is 12.4. The molecule has 3 N–H and O–H groups in total. The summed E-state index contributed by atoms with van der Waals surface area (Å²) in [5.74, 6) is -0.188. The highest BCUT2D eigenvalue weighted by atomic mass is 19.4.